The highest BCUT2D eigenvalue weighted by molar-refractivity contribution is 6.36. The van der Waals surface area contributed by atoms with E-state index in [0.29, 0.717) is 16.2 Å². The van der Waals surface area contributed by atoms with Gasteiger partial charge >= 0.3 is 5.97 Å². The molecule has 0 saturated carbocycles. The highest BCUT2D eigenvalue weighted by Gasteiger charge is 2.32. The summed E-state index contributed by atoms with van der Waals surface area (Å²) in [5.74, 6) is -1.19. The zero-order valence-corrected chi connectivity index (χ0v) is 19.4. The van der Waals surface area contributed by atoms with Gasteiger partial charge in [0, 0.05) is 46.0 Å². The Kier molecular flexibility index (Phi) is 5.73. The van der Waals surface area contributed by atoms with Crippen molar-refractivity contribution in [1.29, 1.82) is 0 Å². The topological polar surface area (TPSA) is 72.8 Å². The molecule has 0 fully saturated rings. The van der Waals surface area contributed by atoms with Crippen molar-refractivity contribution in [2.24, 2.45) is 0 Å². The molecule has 1 N–H and O–H groups in total. The van der Waals surface area contributed by atoms with Gasteiger partial charge in [0.05, 0.1) is 18.3 Å². The second-order valence-corrected chi connectivity index (χ2v) is 8.85. The van der Waals surface area contributed by atoms with Crippen LogP contribution in [-0.2, 0) is 15.1 Å². The molecule has 9 heteroatoms. The number of nitrogens with zero attached hydrogens (tertiary/aromatic N) is 3. The minimum absolute atomic E-state index is 0.00906. The number of fused-ring (bicyclic) bond motifs is 1. The molecule has 0 aliphatic carbocycles. The fourth-order valence-electron chi connectivity index (χ4n) is 3.76. The molecule has 4 rings (SSSR count). The molecule has 3 heterocycles. The number of hydrogen-bond acceptors (Lipinski definition) is 4. The summed E-state index contributed by atoms with van der Waals surface area (Å²) in [5, 5.41) is 5.60. The maximum Gasteiger partial charge on any atom is 0.333 e. The Bertz CT molecular complexity index is 1330. The maximum absolute atomic E-state index is 14.1. The number of pyridine rings is 1. The Morgan fingerprint density at radius 1 is 1.25 bits per heavy atom. The molecule has 0 spiro atoms. The van der Waals surface area contributed by atoms with Gasteiger partial charge in [-0.15, -0.1) is 0 Å². The number of rotatable bonds is 5. The van der Waals surface area contributed by atoms with Gasteiger partial charge in [-0.3, -0.25) is 4.68 Å². The largest absolute Gasteiger partial charge is 0.467 e. The lowest BCUT2D eigenvalue weighted by Crippen LogP contribution is -2.37. The molecule has 0 unspecified atom stereocenters. The molecule has 3 aromatic heterocycles. The number of carbonyl (C=O) groups is 1. The van der Waals surface area contributed by atoms with Crippen LogP contribution < -0.4 is 0 Å². The van der Waals surface area contributed by atoms with Gasteiger partial charge in [-0.1, -0.05) is 30.1 Å². The van der Waals surface area contributed by atoms with E-state index in [1.165, 1.54) is 19.2 Å². The van der Waals surface area contributed by atoms with E-state index in [9.17, 15) is 9.18 Å². The molecule has 0 radical (unpaired) electrons. The smallest absolute Gasteiger partial charge is 0.333 e. The molecule has 1 atom stereocenters. The minimum Gasteiger partial charge on any atom is -0.467 e. The lowest BCUT2D eigenvalue weighted by molar-refractivity contribution is -0.150. The van der Waals surface area contributed by atoms with Crippen molar-refractivity contribution in [3.63, 3.8) is 0 Å². The van der Waals surface area contributed by atoms with Crippen LogP contribution in [0.5, 0.6) is 0 Å². The minimum atomic E-state index is -0.955. The van der Waals surface area contributed by atoms with Gasteiger partial charge in [0.2, 0.25) is 0 Å². The number of esters is 1. The third-order valence-electron chi connectivity index (χ3n) is 5.72. The predicted molar refractivity (Wildman–Crippen MR) is 123 cm³/mol. The third-order valence-corrected chi connectivity index (χ3v) is 6.43. The van der Waals surface area contributed by atoms with Gasteiger partial charge in [-0.25, -0.2) is 14.2 Å². The average Bonchev–Trinajstić information content (AvgIpc) is 3.43. The lowest BCUT2D eigenvalue weighted by Gasteiger charge is -2.21. The van der Waals surface area contributed by atoms with E-state index in [1.807, 2.05) is 19.2 Å². The summed E-state index contributed by atoms with van der Waals surface area (Å²) in [5.41, 5.74) is 2.73. The number of benzene rings is 1. The van der Waals surface area contributed by atoms with Crippen molar-refractivity contribution in [3.8, 4) is 11.1 Å². The Morgan fingerprint density at radius 2 is 2.00 bits per heavy atom. The lowest BCUT2D eigenvalue weighted by atomic mass is 9.92. The Labute approximate surface area is 194 Å². The molecule has 6 nitrogen and oxygen atoms in total. The number of carbonyl (C=O) groups excluding carboxylic acids is 1. The van der Waals surface area contributed by atoms with E-state index in [4.69, 9.17) is 27.9 Å². The second-order valence-electron chi connectivity index (χ2n) is 8.07. The number of nitrogens with one attached hydrogen (secondary N) is 1. The molecule has 0 saturated heterocycles. The fourth-order valence-corrected chi connectivity index (χ4v) is 4.45. The van der Waals surface area contributed by atoms with Crippen LogP contribution in [0.2, 0.25) is 10.0 Å². The van der Waals surface area contributed by atoms with E-state index in [2.05, 4.69) is 15.1 Å². The van der Waals surface area contributed by atoms with Crippen LogP contribution in [0.4, 0.5) is 4.39 Å². The normalized spacial score (nSPS) is 12.8. The van der Waals surface area contributed by atoms with Crippen molar-refractivity contribution in [2.75, 3.05) is 7.11 Å². The van der Waals surface area contributed by atoms with Gasteiger partial charge in [0.15, 0.2) is 5.54 Å². The van der Waals surface area contributed by atoms with E-state index < -0.39 is 17.3 Å². The van der Waals surface area contributed by atoms with Crippen molar-refractivity contribution >= 4 is 40.2 Å². The summed E-state index contributed by atoms with van der Waals surface area (Å²) < 4.78 is 20.5. The molecule has 0 aliphatic rings. The van der Waals surface area contributed by atoms with Gasteiger partial charge in [0.1, 0.15) is 11.5 Å². The van der Waals surface area contributed by atoms with E-state index in [0.717, 1.165) is 22.1 Å². The second kappa shape index (κ2) is 8.22. The number of aromatic amines is 1. The number of methoxy groups -OCH3 is 1. The molecule has 0 amide bonds. The zero-order chi connectivity index (χ0) is 23.2. The molecule has 32 heavy (non-hydrogen) atoms. The molecule has 0 bridgehead atoms. The standard InChI is InChI=1S/C23H21Cl2FN4O2/c1-12(19-17(24)5-6-18(26)20(19)25)16-10-28-21-15(16)7-13(8-27-21)14-9-29-30(11-14)23(2,3)22(31)32-4/h5-12H,1-4H3,(H,27,28)/t12-/m0/s1. The summed E-state index contributed by atoms with van der Waals surface area (Å²) in [6.07, 6.45) is 6.99. The number of hydrogen-bond donors (Lipinski definition) is 1. The van der Waals surface area contributed by atoms with Gasteiger partial charge in [0.25, 0.3) is 0 Å². The highest BCUT2D eigenvalue weighted by Crippen LogP contribution is 2.39. The van der Waals surface area contributed by atoms with Crippen molar-refractivity contribution in [3.05, 3.63) is 70.0 Å². The first-order valence-electron chi connectivity index (χ1n) is 9.89. The molecular weight excluding hydrogens is 454 g/mol. The van der Waals surface area contributed by atoms with Crippen molar-refractivity contribution in [2.45, 2.75) is 32.2 Å². The predicted octanol–water partition coefficient (Wildman–Crippen LogP) is 5.93. The van der Waals surface area contributed by atoms with E-state index in [-0.39, 0.29) is 10.9 Å². The van der Waals surface area contributed by atoms with Crippen LogP contribution in [-0.4, -0.2) is 32.8 Å². The van der Waals surface area contributed by atoms with Gasteiger partial charge in [-0.05, 0) is 43.2 Å². The number of aromatic nitrogens is 4. The van der Waals surface area contributed by atoms with E-state index >= 15 is 0 Å². The molecule has 166 valence electrons. The van der Waals surface area contributed by atoms with Gasteiger partial charge < -0.3 is 9.72 Å². The van der Waals surface area contributed by atoms with Crippen LogP contribution in [0.1, 0.15) is 37.8 Å². The molecule has 4 aromatic rings. The fraction of sp³-hybridized carbons (Fsp3) is 0.261. The first-order valence-corrected chi connectivity index (χ1v) is 10.6. The van der Waals surface area contributed by atoms with Gasteiger partial charge in [-0.2, -0.15) is 5.10 Å². The Morgan fingerprint density at radius 3 is 2.72 bits per heavy atom. The molecule has 1 aromatic carbocycles. The first-order chi connectivity index (χ1) is 15.1. The first kappa shape index (κ1) is 22.3. The summed E-state index contributed by atoms with van der Waals surface area (Å²) in [7, 11) is 1.35. The number of H-pyrrole nitrogens is 1. The van der Waals surface area contributed by atoms with Crippen LogP contribution in [0.3, 0.4) is 0 Å². The maximum atomic E-state index is 14.1. The third kappa shape index (κ3) is 3.65. The van der Waals surface area contributed by atoms with Crippen LogP contribution in [0.25, 0.3) is 22.2 Å². The van der Waals surface area contributed by atoms with Crippen LogP contribution in [0, 0.1) is 5.82 Å². The van der Waals surface area contributed by atoms with Crippen LogP contribution in [0.15, 0.2) is 43.0 Å². The van der Waals surface area contributed by atoms with Crippen molar-refractivity contribution < 1.29 is 13.9 Å². The number of ether oxygens (including phenoxy) is 1. The Hall–Kier alpha value is -2.90. The SMILES string of the molecule is COC(=O)C(C)(C)n1cc(-c2cnc3[nH]cc([C@H](C)c4c(Cl)ccc(F)c4Cl)c3c2)cn1. The zero-order valence-electron chi connectivity index (χ0n) is 17.9. The Balaban J connectivity index is 1.77. The molecular formula is C23H21Cl2FN4O2. The van der Waals surface area contributed by atoms with Crippen LogP contribution >= 0.6 is 23.2 Å². The summed E-state index contributed by atoms with van der Waals surface area (Å²) in [6.45, 7) is 5.38. The summed E-state index contributed by atoms with van der Waals surface area (Å²) in [4.78, 5) is 19.8. The van der Waals surface area contributed by atoms with E-state index in [1.54, 1.807) is 37.1 Å². The highest BCUT2D eigenvalue weighted by atomic mass is 35.5. The molecule has 0 aliphatic heterocycles. The summed E-state index contributed by atoms with van der Waals surface area (Å²) >= 11 is 12.6. The quantitative estimate of drug-likeness (QED) is 0.287. The average molecular weight is 475 g/mol. The number of halogens is 3. The summed E-state index contributed by atoms with van der Waals surface area (Å²) in [6, 6.07) is 4.73. The van der Waals surface area contributed by atoms with Crippen molar-refractivity contribution in [1.82, 2.24) is 19.7 Å². The monoisotopic (exact) mass is 474 g/mol.